The van der Waals surface area contributed by atoms with Gasteiger partial charge >= 0.3 is 0 Å². The molecule has 0 aliphatic heterocycles. The SMILES string of the molecule is Cc1nc(CC(=O)c2ccc(OC(C)C)cc2)cs1. The Hall–Kier alpha value is -1.68. The van der Waals surface area contributed by atoms with Crippen LogP contribution in [0.25, 0.3) is 0 Å². The first-order chi connectivity index (χ1) is 9.04. The molecule has 0 amide bonds. The van der Waals surface area contributed by atoms with Gasteiger partial charge in [0.05, 0.1) is 23.2 Å². The van der Waals surface area contributed by atoms with E-state index in [0.29, 0.717) is 12.0 Å². The van der Waals surface area contributed by atoms with Crippen LogP contribution in [0, 0.1) is 6.92 Å². The number of rotatable bonds is 5. The minimum atomic E-state index is 0.0846. The van der Waals surface area contributed by atoms with Gasteiger partial charge in [0, 0.05) is 10.9 Å². The Labute approximate surface area is 117 Å². The molecular formula is C15H17NO2S. The summed E-state index contributed by atoms with van der Waals surface area (Å²) in [7, 11) is 0. The maximum Gasteiger partial charge on any atom is 0.168 e. The Morgan fingerprint density at radius 3 is 2.53 bits per heavy atom. The monoisotopic (exact) mass is 275 g/mol. The molecule has 0 atom stereocenters. The maximum absolute atomic E-state index is 12.1. The molecule has 0 aliphatic carbocycles. The second-order valence-corrected chi connectivity index (χ2v) is 5.71. The van der Waals surface area contributed by atoms with E-state index in [0.717, 1.165) is 16.5 Å². The normalized spacial score (nSPS) is 10.7. The van der Waals surface area contributed by atoms with Gasteiger partial charge in [0.15, 0.2) is 5.78 Å². The number of hydrogen-bond donors (Lipinski definition) is 0. The third-order valence-electron chi connectivity index (χ3n) is 2.56. The molecule has 0 unspecified atom stereocenters. The van der Waals surface area contributed by atoms with Crippen LogP contribution in [0.2, 0.25) is 0 Å². The lowest BCUT2D eigenvalue weighted by molar-refractivity contribution is 0.0992. The van der Waals surface area contributed by atoms with E-state index in [1.807, 2.05) is 38.3 Å². The van der Waals surface area contributed by atoms with Crippen molar-refractivity contribution in [3.63, 3.8) is 0 Å². The Morgan fingerprint density at radius 1 is 1.32 bits per heavy atom. The van der Waals surface area contributed by atoms with Gasteiger partial charge in [0.2, 0.25) is 0 Å². The predicted octanol–water partition coefficient (Wildman–Crippen LogP) is 3.66. The zero-order chi connectivity index (χ0) is 13.8. The Balaban J connectivity index is 2.03. The molecular weight excluding hydrogens is 258 g/mol. The zero-order valence-corrected chi connectivity index (χ0v) is 12.2. The van der Waals surface area contributed by atoms with Gasteiger partial charge in [-0.15, -0.1) is 11.3 Å². The van der Waals surface area contributed by atoms with Crippen LogP contribution in [-0.4, -0.2) is 16.9 Å². The van der Waals surface area contributed by atoms with E-state index in [9.17, 15) is 4.79 Å². The molecule has 4 heteroatoms. The summed E-state index contributed by atoms with van der Waals surface area (Å²) in [4.78, 5) is 16.4. The number of thiazole rings is 1. The van der Waals surface area contributed by atoms with E-state index >= 15 is 0 Å². The number of Topliss-reactive ketones (excluding diaryl/α,β-unsaturated/α-hetero) is 1. The number of aromatic nitrogens is 1. The fraction of sp³-hybridized carbons (Fsp3) is 0.333. The number of carbonyl (C=O) groups is 1. The molecule has 0 spiro atoms. The largest absolute Gasteiger partial charge is 0.491 e. The van der Waals surface area contributed by atoms with Crippen LogP contribution in [0.3, 0.4) is 0 Å². The number of ketones is 1. The molecule has 19 heavy (non-hydrogen) atoms. The number of ether oxygens (including phenoxy) is 1. The molecule has 1 aromatic heterocycles. The van der Waals surface area contributed by atoms with Crippen molar-refractivity contribution < 1.29 is 9.53 Å². The molecule has 0 N–H and O–H groups in total. The summed E-state index contributed by atoms with van der Waals surface area (Å²) >= 11 is 1.57. The molecule has 1 heterocycles. The fourth-order valence-corrected chi connectivity index (χ4v) is 2.36. The quantitative estimate of drug-likeness (QED) is 0.782. The first kappa shape index (κ1) is 13.7. The smallest absolute Gasteiger partial charge is 0.168 e. The maximum atomic E-state index is 12.1. The number of nitrogens with zero attached hydrogens (tertiary/aromatic N) is 1. The summed E-state index contributed by atoms with van der Waals surface area (Å²) < 4.78 is 5.55. The standard InChI is InChI=1S/C15H17NO2S/c1-10(2)18-14-6-4-12(5-7-14)15(17)8-13-9-19-11(3)16-13/h4-7,9-10H,8H2,1-3H3. The van der Waals surface area contributed by atoms with E-state index in [2.05, 4.69) is 4.98 Å². The summed E-state index contributed by atoms with van der Waals surface area (Å²) in [5.41, 5.74) is 1.54. The van der Waals surface area contributed by atoms with E-state index in [1.165, 1.54) is 0 Å². The Morgan fingerprint density at radius 2 is 2.00 bits per heavy atom. The van der Waals surface area contributed by atoms with Crippen LogP contribution in [0.4, 0.5) is 0 Å². The van der Waals surface area contributed by atoms with Gasteiger partial charge in [-0.2, -0.15) is 0 Å². The lowest BCUT2D eigenvalue weighted by Gasteiger charge is -2.09. The van der Waals surface area contributed by atoms with Crippen molar-refractivity contribution in [2.24, 2.45) is 0 Å². The predicted molar refractivity (Wildman–Crippen MR) is 77.1 cm³/mol. The highest BCUT2D eigenvalue weighted by atomic mass is 32.1. The van der Waals surface area contributed by atoms with Gasteiger partial charge in [0.1, 0.15) is 5.75 Å². The fourth-order valence-electron chi connectivity index (χ4n) is 1.75. The Kier molecular flexibility index (Phi) is 4.32. The van der Waals surface area contributed by atoms with E-state index in [-0.39, 0.29) is 11.9 Å². The second-order valence-electron chi connectivity index (χ2n) is 4.65. The van der Waals surface area contributed by atoms with Crippen LogP contribution in [0.5, 0.6) is 5.75 Å². The lowest BCUT2D eigenvalue weighted by atomic mass is 10.1. The summed E-state index contributed by atoms with van der Waals surface area (Å²) in [5, 5.41) is 2.92. The van der Waals surface area contributed by atoms with Crippen molar-refractivity contribution in [1.29, 1.82) is 0 Å². The zero-order valence-electron chi connectivity index (χ0n) is 11.3. The summed E-state index contributed by atoms with van der Waals surface area (Å²) in [6.45, 7) is 5.89. The third-order valence-corrected chi connectivity index (χ3v) is 3.38. The van der Waals surface area contributed by atoms with Gasteiger partial charge in [-0.05, 0) is 45.0 Å². The van der Waals surface area contributed by atoms with E-state index in [4.69, 9.17) is 4.74 Å². The second kappa shape index (κ2) is 5.97. The van der Waals surface area contributed by atoms with Gasteiger partial charge in [0.25, 0.3) is 0 Å². The topological polar surface area (TPSA) is 39.2 Å². The minimum absolute atomic E-state index is 0.0846. The third kappa shape index (κ3) is 3.89. The molecule has 0 saturated heterocycles. The average Bonchev–Trinajstić information content (AvgIpc) is 2.75. The van der Waals surface area contributed by atoms with Gasteiger partial charge in [-0.3, -0.25) is 4.79 Å². The van der Waals surface area contributed by atoms with E-state index < -0.39 is 0 Å². The minimum Gasteiger partial charge on any atom is -0.491 e. The first-order valence-corrected chi connectivity index (χ1v) is 7.13. The van der Waals surface area contributed by atoms with Crippen LogP contribution < -0.4 is 4.74 Å². The van der Waals surface area contributed by atoms with Crippen molar-refractivity contribution >= 4 is 17.1 Å². The number of hydrogen-bond acceptors (Lipinski definition) is 4. The first-order valence-electron chi connectivity index (χ1n) is 6.25. The van der Waals surface area contributed by atoms with Crippen molar-refractivity contribution in [3.8, 4) is 5.75 Å². The highest BCUT2D eigenvalue weighted by molar-refractivity contribution is 7.09. The van der Waals surface area contributed by atoms with Crippen LogP contribution >= 0.6 is 11.3 Å². The van der Waals surface area contributed by atoms with Crippen molar-refractivity contribution in [1.82, 2.24) is 4.98 Å². The van der Waals surface area contributed by atoms with Gasteiger partial charge < -0.3 is 4.74 Å². The van der Waals surface area contributed by atoms with Crippen molar-refractivity contribution in [2.45, 2.75) is 33.3 Å². The van der Waals surface area contributed by atoms with Crippen molar-refractivity contribution in [3.05, 3.63) is 45.9 Å². The Bertz CT molecular complexity index is 558. The number of aryl methyl sites for hydroxylation is 1. The van der Waals surface area contributed by atoms with Crippen LogP contribution in [0.1, 0.15) is 34.9 Å². The molecule has 3 nitrogen and oxygen atoms in total. The molecule has 0 aliphatic rings. The summed E-state index contributed by atoms with van der Waals surface area (Å²) in [6.07, 6.45) is 0.494. The summed E-state index contributed by atoms with van der Waals surface area (Å²) in [5.74, 6) is 0.873. The van der Waals surface area contributed by atoms with Crippen LogP contribution in [0.15, 0.2) is 29.6 Å². The molecule has 1 aromatic carbocycles. The molecule has 0 bridgehead atoms. The molecule has 2 rings (SSSR count). The van der Waals surface area contributed by atoms with Crippen LogP contribution in [-0.2, 0) is 6.42 Å². The molecule has 100 valence electrons. The van der Waals surface area contributed by atoms with Gasteiger partial charge in [-0.1, -0.05) is 0 Å². The molecule has 2 aromatic rings. The van der Waals surface area contributed by atoms with E-state index in [1.54, 1.807) is 23.5 Å². The molecule has 0 fully saturated rings. The molecule has 0 saturated carbocycles. The average molecular weight is 275 g/mol. The number of carbonyl (C=O) groups excluding carboxylic acids is 1. The highest BCUT2D eigenvalue weighted by Gasteiger charge is 2.09. The highest BCUT2D eigenvalue weighted by Crippen LogP contribution is 2.16. The lowest BCUT2D eigenvalue weighted by Crippen LogP contribution is -2.07. The van der Waals surface area contributed by atoms with Gasteiger partial charge in [-0.25, -0.2) is 4.98 Å². The molecule has 0 radical (unpaired) electrons. The van der Waals surface area contributed by atoms with Crippen molar-refractivity contribution in [2.75, 3.05) is 0 Å². The summed E-state index contributed by atoms with van der Waals surface area (Å²) in [6, 6.07) is 7.28. The number of benzene rings is 1.